The molecule has 1 aliphatic heterocycles. The Kier molecular flexibility index (Phi) is 7.83. The van der Waals surface area contributed by atoms with E-state index in [0.29, 0.717) is 6.42 Å². The van der Waals surface area contributed by atoms with Crippen molar-refractivity contribution in [3.8, 4) is 0 Å². The van der Waals surface area contributed by atoms with Crippen LogP contribution in [0.3, 0.4) is 0 Å². The number of carbonyl (C=O) groups is 1. The first-order valence-corrected chi connectivity index (χ1v) is 9.24. The van der Waals surface area contributed by atoms with Crippen LogP contribution < -0.4 is 0 Å². The van der Waals surface area contributed by atoms with Crippen LogP contribution >= 0.6 is 11.3 Å². The van der Waals surface area contributed by atoms with E-state index in [0.717, 1.165) is 48.4 Å². The Morgan fingerprint density at radius 2 is 2.12 bits per heavy atom. The molecule has 0 spiro atoms. The number of benzene rings is 1. The summed E-state index contributed by atoms with van der Waals surface area (Å²) in [5.41, 5.74) is 2.08. The number of piperidine rings is 1. The van der Waals surface area contributed by atoms with Crippen LogP contribution in [0.15, 0.2) is 18.2 Å². The molecule has 1 aliphatic rings. The molecule has 5 heteroatoms. The maximum Gasteiger partial charge on any atom is 0.226 e. The van der Waals surface area contributed by atoms with Crippen molar-refractivity contribution in [3.05, 3.63) is 41.6 Å². The van der Waals surface area contributed by atoms with Crippen molar-refractivity contribution >= 4 is 27.5 Å². The fourth-order valence-electron chi connectivity index (χ4n) is 3.18. The summed E-state index contributed by atoms with van der Waals surface area (Å²) in [5, 5.41) is 1.07. The zero-order valence-electron chi connectivity index (χ0n) is 14.4. The number of amides is 1. The Hall–Kier alpha value is -0.316. The fraction of sp³-hybridized carbons (Fsp3) is 0.474. The minimum Gasteiger partial charge on any atom is -0.348 e. The monoisotopic (exact) mass is 417 g/mol. The summed E-state index contributed by atoms with van der Waals surface area (Å²) in [6.45, 7) is 7.68. The number of hydrogen-bond acceptors (Lipinski definition) is 3. The molecule has 1 aromatic carbocycles. The zero-order chi connectivity index (χ0) is 16.2. The third kappa shape index (κ3) is 5.09. The zero-order valence-corrected chi connectivity index (χ0v) is 18.0. The number of nitrogens with zero attached hydrogens (tertiary/aromatic N) is 2. The second-order valence-electron chi connectivity index (χ2n) is 6.30. The number of fused-ring (bicyclic) bond motifs is 1. The van der Waals surface area contributed by atoms with Gasteiger partial charge in [0.05, 0.1) is 21.6 Å². The summed E-state index contributed by atoms with van der Waals surface area (Å²) in [4.78, 5) is 19.1. The van der Waals surface area contributed by atoms with Crippen LogP contribution in [0.5, 0.6) is 0 Å². The molecule has 3 rings (SSSR count). The van der Waals surface area contributed by atoms with Gasteiger partial charge in [0, 0.05) is 32.7 Å². The summed E-state index contributed by atoms with van der Waals surface area (Å²) >= 11 is 1.70. The Morgan fingerprint density at radius 1 is 1.38 bits per heavy atom. The van der Waals surface area contributed by atoms with Crippen LogP contribution in [0.2, 0.25) is 0 Å². The molecule has 0 atom stereocenters. The maximum atomic E-state index is 12.5. The summed E-state index contributed by atoms with van der Waals surface area (Å²) < 4.78 is 1.20. The normalized spacial score (nSPS) is 15.5. The van der Waals surface area contributed by atoms with Gasteiger partial charge >= 0.3 is 0 Å². The third-order valence-corrected chi connectivity index (χ3v) is 5.47. The topological polar surface area (TPSA) is 33.2 Å². The number of hydrogen-bond donors (Lipinski definition) is 0. The van der Waals surface area contributed by atoms with E-state index in [1.807, 2.05) is 11.8 Å². The summed E-state index contributed by atoms with van der Waals surface area (Å²) in [7, 11) is 0. The number of thiazole rings is 1. The Morgan fingerprint density at radius 3 is 2.83 bits per heavy atom. The largest absolute Gasteiger partial charge is 0.348 e. The quantitative estimate of drug-likeness (QED) is 0.678. The summed E-state index contributed by atoms with van der Waals surface area (Å²) in [6, 6.07) is 6.21. The molecule has 2 heterocycles. The number of aryl methyl sites for hydroxylation is 1. The molecule has 3 nitrogen and oxygen atoms in total. The van der Waals surface area contributed by atoms with E-state index in [1.165, 1.54) is 17.5 Å². The van der Waals surface area contributed by atoms with Gasteiger partial charge in [-0.05, 0) is 37.7 Å². The molecule has 1 aromatic heterocycles. The van der Waals surface area contributed by atoms with E-state index in [2.05, 4.69) is 30.1 Å². The van der Waals surface area contributed by atoms with Crippen molar-refractivity contribution in [2.24, 2.45) is 0 Å². The summed E-state index contributed by atoms with van der Waals surface area (Å²) in [6.07, 6.45) is 5.99. The molecular weight excluding hydrogens is 393 g/mol. The molecule has 1 amide bonds. The molecule has 24 heavy (non-hydrogen) atoms. The standard InChI is InChI=1S/C19H24N2OS.Y/c1-3-4-5-15-8-10-21(11-9-15)19(22)13-16-6-7-18-17(12-16)20-14(2)23-18;/h6-7,12H,1,3-5,8-11,13H2,2H3;/q-2;. The molecule has 0 saturated carbocycles. The van der Waals surface area contributed by atoms with Gasteiger partial charge < -0.3 is 17.7 Å². The van der Waals surface area contributed by atoms with E-state index in [9.17, 15) is 4.79 Å². The van der Waals surface area contributed by atoms with Gasteiger partial charge in [0.25, 0.3) is 0 Å². The molecule has 0 bridgehead atoms. The fourth-order valence-corrected chi connectivity index (χ4v) is 3.99. The number of rotatable bonds is 5. The number of aromatic nitrogens is 1. The van der Waals surface area contributed by atoms with E-state index in [1.54, 1.807) is 17.3 Å². The molecule has 0 N–H and O–H groups in total. The number of likely N-dealkylation sites (tertiary alicyclic amines) is 1. The van der Waals surface area contributed by atoms with Gasteiger partial charge in [-0.15, -0.1) is 17.8 Å². The third-order valence-electron chi connectivity index (χ3n) is 4.52. The molecule has 0 unspecified atom stereocenters. The molecule has 1 radical (unpaired) electrons. The second-order valence-corrected chi connectivity index (χ2v) is 7.53. The predicted octanol–water partition coefficient (Wildman–Crippen LogP) is 4.35. The predicted molar refractivity (Wildman–Crippen MR) is 96.3 cm³/mol. The average Bonchev–Trinajstić information content (AvgIpc) is 2.92. The first-order valence-electron chi connectivity index (χ1n) is 8.42. The van der Waals surface area contributed by atoms with Crippen molar-refractivity contribution in [2.75, 3.05) is 13.1 Å². The minimum atomic E-state index is 0. The van der Waals surface area contributed by atoms with Gasteiger partial charge in [-0.1, -0.05) is 6.07 Å². The van der Waals surface area contributed by atoms with Gasteiger partial charge in [0.1, 0.15) is 0 Å². The molecular formula is C19H24N2OSY-2. The van der Waals surface area contributed by atoms with E-state index >= 15 is 0 Å². The molecule has 2 aromatic rings. The van der Waals surface area contributed by atoms with Gasteiger partial charge in [-0.2, -0.15) is 25.7 Å². The minimum absolute atomic E-state index is 0. The Bertz CT molecular complexity index is 677. The van der Waals surface area contributed by atoms with Crippen molar-refractivity contribution in [2.45, 2.75) is 45.4 Å². The van der Waals surface area contributed by atoms with Crippen molar-refractivity contribution in [3.63, 3.8) is 0 Å². The molecule has 1 fully saturated rings. The van der Waals surface area contributed by atoms with Gasteiger partial charge in [0.2, 0.25) is 5.91 Å². The van der Waals surface area contributed by atoms with Crippen molar-refractivity contribution in [1.82, 2.24) is 9.88 Å². The first-order chi connectivity index (χ1) is 11.2. The molecule has 0 aliphatic carbocycles. The Balaban J connectivity index is 0.00000208. The van der Waals surface area contributed by atoms with E-state index in [-0.39, 0.29) is 38.6 Å². The van der Waals surface area contributed by atoms with Crippen molar-refractivity contribution in [1.29, 1.82) is 0 Å². The van der Waals surface area contributed by atoms with Gasteiger partial charge in [-0.3, -0.25) is 4.79 Å². The Labute approximate surface area is 174 Å². The number of unbranched alkanes of at least 4 members (excludes halogenated alkanes) is 1. The van der Waals surface area contributed by atoms with Crippen LogP contribution in [-0.2, 0) is 43.9 Å². The smallest absolute Gasteiger partial charge is 0.226 e. The van der Waals surface area contributed by atoms with Crippen LogP contribution in [0.1, 0.15) is 42.7 Å². The molecule has 127 valence electrons. The van der Waals surface area contributed by atoms with Gasteiger partial charge in [-0.25, -0.2) is 4.98 Å². The van der Waals surface area contributed by atoms with E-state index < -0.39 is 0 Å². The maximum absolute atomic E-state index is 12.5. The summed E-state index contributed by atoms with van der Waals surface area (Å²) in [5.74, 6) is 1.85. The SMILES string of the molecule is [CH2-]CCC[C-]1CCN(C(=O)Cc2ccc3sc(C)nc3c2)CC1.[Y]. The van der Waals surface area contributed by atoms with Gasteiger partial charge in [0.15, 0.2) is 0 Å². The first kappa shape index (κ1) is 20.0. The van der Waals surface area contributed by atoms with Crippen LogP contribution in [-0.4, -0.2) is 28.9 Å². The molecule has 1 saturated heterocycles. The van der Waals surface area contributed by atoms with Crippen LogP contribution in [0.4, 0.5) is 0 Å². The number of carbonyl (C=O) groups excluding carboxylic acids is 1. The van der Waals surface area contributed by atoms with Crippen LogP contribution in [0, 0.1) is 19.8 Å². The van der Waals surface area contributed by atoms with Crippen LogP contribution in [0.25, 0.3) is 10.2 Å². The second kappa shape index (κ2) is 9.40. The van der Waals surface area contributed by atoms with E-state index in [4.69, 9.17) is 0 Å². The average molecular weight is 417 g/mol. The van der Waals surface area contributed by atoms with Crippen molar-refractivity contribution < 1.29 is 37.5 Å².